The summed E-state index contributed by atoms with van der Waals surface area (Å²) >= 11 is 0. The van der Waals surface area contributed by atoms with Crippen LogP contribution in [-0.4, -0.2) is 68.2 Å². The highest BCUT2D eigenvalue weighted by atomic mass is 16.6. The number of carboxylic acids is 1. The lowest BCUT2D eigenvalue weighted by atomic mass is 9.50. The van der Waals surface area contributed by atoms with Gasteiger partial charge in [-0.15, -0.1) is 0 Å². The van der Waals surface area contributed by atoms with Crippen LogP contribution in [0.15, 0.2) is 0 Å². The van der Waals surface area contributed by atoms with Crippen molar-refractivity contribution in [1.29, 1.82) is 0 Å². The molecule has 5 saturated carbocycles. The second kappa shape index (κ2) is 13.1. The molecule has 3 unspecified atom stereocenters. The van der Waals surface area contributed by atoms with Gasteiger partial charge < -0.3 is 29.5 Å². The zero-order valence-electron chi connectivity index (χ0n) is 29.0. The Morgan fingerprint density at radius 2 is 1.31 bits per heavy atom. The molecular formula is C35H58O10. The minimum Gasteiger partial charge on any atom is -0.481 e. The number of carboxylic acid groups (broad SMARTS) is 1. The Kier molecular flexibility index (Phi) is 10.9. The van der Waals surface area contributed by atoms with E-state index < -0.39 is 45.1 Å². The van der Waals surface area contributed by atoms with Gasteiger partial charge in [-0.05, 0) is 105 Å². The predicted molar refractivity (Wildman–Crippen MR) is 167 cm³/mol. The first-order valence-corrected chi connectivity index (χ1v) is 16.9. The number of carbonyl (C=O) groups excluding carboxylic acids is 3. The van der Waals surface area contributed by atoms with Gasteiger partial charge in [0.25, 0.3) is 0 Å². The van der Waals surface area contributed by atoms with Gasteiger partial charge >= 0.3 is 23.9 Å². The van der Waals surface area contributed by atoms with Gasteiger partial charge in [0, 0.05) is 25.2 Å². The van der Waals surface area contributed by atoms with Crippen LogP contribution in [0.4, 0.5) is 0 Å². The van der Waals surface area contributed by atoms with Crippen molar-refractivity contribution in [1.82, 2.24) is 0 Å². The van der Waals surface area contributed by atoms with Crippen molar-refractivity contribution in [3.8, 4) is 0 Å². The van der Waals surface area contributed by atoms with Crippen LogP contribution >= 0.6 is 0 Å². The fourth-order valence-corrected chi connectivity index (χ4v) is 7.39. The fraction of sp³-hybridized carbons (Fsp3) is 0.886. The first-order valence-electron chi connectivity index (χ1n) is 16.9. The van der Waals surface area contributed by atoms with E-state index in [1.54, 1.807) is 13.8 Å². The summed E-state index contributed by atoms with van der Waals surface area (Å²) in [6.45, 7) is 16.7. The SMILES string of the molecule is CCC(C)(C)C(=O)O.CCC(C)(C)C(=O)OC12CC3CC(O)(CC(O)(C3)C1)C2.CCC(C)(C)C(=O)O[C@@H]1C(=O)OC2CCC[C@@H]21. The summed E-state index contributed by atoms with van der Waals surface area (Å²) in [6, 6.07) is 0. The van der Waals surface area contributed by atoms with Gasteiger partial charge in [-0.2, -0.15) is 0 Å². The summed E-state index contributed by atoms with van der Waals surface area (Å²) in [5, 5.41) is 29.8. The number of esters is 3. The Morgan fingerprint density at radius 3 is 1.76 bits per heavy atom. The summed E-state index contributed by atoms with van der Waals surface area (Å²) in [7, 11) is 0. The molecule has 45 heavy (non-hydrogen) atoms. The smallest absolute Gasteiger partial charge is 0.348 e. The van der Waals surface area contributed by atoms with Crippen LogP contribution < -0.4 is 0 Å². The molecule has 1 saturated heterocycles. The van der Waals surface area contributed by atoms with Gasteiger partial charge in [-0.1, -0.05) is 20.8 Å². The zero-order chi connectivity index (χ0) is 34.2. The fourth-order valence-electron chi connectivity index (χ4n) is 7.39. The van der Waals surface area contributed by atoms with Gasteiger partial charge in [-0.3, -0.25) is 14.4 Å². The van der Waals surface area contributed by atoms with Crippen molar-refractivity contribution in [2.24, 2.45) is 28.1 Å². The minimum absolute atomic E-state index is 0.0231. The number of rotatable bonds is 8. The second-order valence-electron chi connectivity index (χ2n) is 16.4. The van der Waals surface area contributed by atoms with Crippen LogP contribution in [0.3, 0.4) is 0 Å². The second-order valence-corrected chi connectivity index (χ2v) is 16.4. The van der Waals surface area contributed by atoms with E-state index in [1.165, 1.54) is 0 Å². The van der Waals surface area contributed by atoms with E-state index in [0.29, 0.717) is 32.1 Å². The number of ether oxygens (including phenoxy) is 3. The van der Waals surface area contributed by atoms with Crippen LogP contribution in [0.2, 0.25) is 0 Å². The van der Waals surface area contributed by atoms with Crippen LogP contribution in [-0.2, 0) is 33.4 Å². The quantitative estimate of drug-likeness (QED) is 0.222. The molecule has 4 bridgehead atoms. The van der Waals surface area contributed by atoms with Gasteiger partial charge in [-0.25, -0.2) is 4.79 Å². The lowest BCUT2D eigenvalue weighted by molar-refractivity contribution is -0.264. The average Bonchev–Trinajstić information content (AvgIpc) is 3.48. The van der Waals surface area contributed by atoms with Gasteiger partial charge in [0.1, 0.15) is 11.7 Å². The highest BCUT2D eigenvalue weighted by molar-refractivity contribution is 5.83. The first kappa shape index (κ1) is 37.3. The summed E-state index contributed by atoms with van der Waals surface area (Å²) in [4.78, 5) is 46.3. The van der Waals surface area contributed by atoms with Crippen molar-refractivity contribution in [2.75, 3.05) is 0 Å². The largest absolute Gasteiger partial charge is 0.481 e. The molecule has 258 valence electrons. The molecule has 6 rings (SSSR count). The molecule has 1 aliphatic heterocycles. The number of carbonyl (C=O) groups is 4. The van der Waals surface area contributed by atoms with Crippen molar-refractivity contribution >= 4 is 23.9 Å². The summed E-state index contributed by atoms with van der Waals surface area (Å²) in [5.41, 5.74) is -3.91. The van der Waals surface area contributed by atoms with Crippen molar-refractivity contribution in [2.45, 2.75) is 168 Å². The molecular weight excluding hydrogens is 580 g/mol. The molecule has 1 heterocycles. The Bertz CT molecular complexity index is 1110. The zero-order valence-corrected chi connectivity index (χ0v) is 29.0. The minimum atomic E-state index is -0.842. The summed E-state index contributed by atoms with van der Waals surface area (Å²) in [6.07, 6.45) is 7.98. The standard InChI is InChI=1S/C16H26O4.C13H20O4.C6H12O2/c1-4-13(2,3)12(17)20-16-7-11-5-14(18,9-16)8-15(19,6-11)10-16;1-4-13(2,3)12(15)17-10-8-6-5-7-9(8)16-11(10)14;1-4-6(2,3)5(7)8/h11,18-19H,4-10H2,1-3H3;8-10H,4-7H2,1-3H3;4H2,1-3H3,(H,7,8)/t;8-,9?,10-;/m.0./s1. The predicted octanol–water partition coefficient (Wildman–Crippen LogP) is 5.73. The Hall–Kier alpha value is -2.20. The molecule has 0 aromatic carbocycles. The topological polar surface area (TPSA) is 157 Å². The molecule has 5 atom stereocenters. The van der Waals surface area contributed by atoms with E-state index in [0.717, 1.165) is 44.9 Å². The molecule has 0 radical (unpaired) electrons. The van der Waals surface area contributed by atoms with Crippen molar-refractivity contribution < 1.29 is 48.7 Å². The molecule has 6 aliphatic rings. The van der Waals surface area contributed by atoms with Gasteiger partial charge in [0.05, 0.1) is 27.4 Å². The Labute approximate surface area is 268 Å². The van der Waals surface area contributed by atoms with E-state index in [9.17, 15) is 29.4 Å². The first-order chi connectivity index (χ1) is 20.6. The number of aliphatic carboxylic acids is 1. The third-order valence-corrected chi connectivity index (χ3v) is 11.2. The maximum Gasteiger partial charge on any atom is 0.348 e. The van der Waals surface area contributed by atoms with E-state index >= 15 is 0 Å². The monoisotopic (exact) mass is 638 g/mol. The van der Waals surface area contributed by atoms with Gasteiger partial charge in [0.2, 0.25) is 6.10 Å². The molecule has 0 aromatic rings. The Balaban J connectivity index is 0.000000201. The van der Waals surface area contributed by atoms with Gasteiger partial charge in [0.15, 0.2) is 0 Å². The summed E-state index contributed by atoms with van der Waals surface area (Å²) < 4.78 is 16.5. The van der Waals surface area contributed by atoms with E-state index in [4.69, 9.17) is 19.3 Å². The number of hydrogen-bond acceptors (Lipinski definition) is 9. The number of aliphatic hydroxyl groups is 2. The normalized spacial score (nSPS) is 34.9. The molecule has 3 N–H and O–H groups in total. The maximum absolute atomic E-state index is 12.4. The molecule has 10 nitrogen and oxygen atoms in total. The molecule has 6 fully saturated rings. The third kappa shape index (κ3) is 8.40. The average molecular weight is 639 g/mol. The third-order valence-electron chi connectivity index (χ3n) is 11.2. The highest BCUT2D eigenvalue weighted by Crippen LogP contribution is 2.60. The van der Waals surface area contributed by atoms with Crippen molar-refractivity contribution in [3.63, 3.8) is 0 Å². The highest BCUT2D eigenvalue weighted by Gasteiger charge is 2.64. The number of fused-ring (bicyclic) bond motifs is 1. The Morgan fingerprint density at radius 1 is 0.800 bits per heavy atom. The number of hydrogen-bond donors (Lipinski definition) is 3. The molecule has 0 amide bonds. The van der Waals surface area contributed by atoms with Crippen molar-refractivity contribution in [3.05, 3.63) is 0 Å². The molecule has 0 aromatic heterocycles. The maximum atomic E-state index is 12.4. The molecule has 5 aliphatic carbocycles. The van der Waals surface area contributed by atoms with E-state index in [2.05, 4.69) is 0 Å². The van der Waals surface area contributed by atoms with Crippen LogP contribution in [0.5, 0.6) is 0 Å². The lowest BCUT2D eigenvalue weighted by Crippen LogP contribution is -2.67. The van der Waals surface area contributed by atoms with E-state index in [1.807, 2.05) is 48.5 Å². The van der Waals surface area contributed by atoms with Crippen LogP contribution in [0.1, 0.15) is 139 Å². The van der Waals surface area contributed by atoms with Crippen LogP contribution in [0.25, 0.3) is 0 Å². The summed E-state index contributed by atoms with van der Waals surface area (Å²) in [5.74, 6) is -1.22. The van der Waals surface area contributed by atoms with Crippen LogP contribution in [0, 0.1) is 28.1 Å². The lowest BCUT2D eigenvalue weighted by Gasteiger charge is -2.62. The molecule has 0 spiro atoms. The van der Waals surface area contributed by atoms with E-state index in [-0.39, 0.29) is 35.8 Å². The molecule has 10 heteroatoms.